The molecule has 0 atom stereocenters. The van der Waals surface area contributed by atoms with E-state index in [9.17, 15) is 10.1 Å². The SMILES string of the molecule is COc1ccc(N2CCN(C(=O)c3ccccc3-c3ccccc3C#N)CC2)cc1. The molecule has 1 saturated heterocycles. The number of piperazine rings is 1. The fourth-order valence-electron chi connectivity index (χ4n) is 3.85. The molecule has 5 heteroatoms. The maximum absolute atomic E-state index is 13.3. The highest BCUT2D eigenvalue weighted by molar-refractivity contribution is 6.01. The number of ether oxygens (including phenoxy) is 1. The number of benzene rings is 3. The predicted molar refractivity (Wildman–Crippen MR) is 118 cm³/mol. The van der Waals surface area contributed by atoms with Gasteiger partial charge in [0, 0.05) is 43.0 Å². The Labute approximate surface area is 176 Å². The number of carbonyl (C=O) groups is 1. The zero-order chi connectivity index (χ0) is 20.9. The third-order valence-electron chi connectivity index (χ3n) is 5.50. The van der Waals surface area contributed by atoms with Crippen molar-refractivity contribution < 1.29 is 9.53 Å². The lowest BCUT2D eigenvalue weighted by Crippen LogP contribution is -2.48. The first-order valence-corrected chi connectivity index (χ1v) is 9.98. The highest BCUT2D eigenvalue weighted by atomic mass is 16.5. The van der Waals surface area contributed by atoms with Crippen molar-refractivity contribution in [3.05, 3.63) is 83.9 Å². The van der Waals surface area contributed by atoms with Gasteiger partial charge < -0.3 is 14.5 Å². The number of carbonyl (C=O) groups excluding carboxylic acids is 1. The molecule has 0 aromatic heterocycles. The quantitative estimate of drug-likeness (QED) is 0.662. The first-order valence-electron chi connectivity index (χ1n) is 9.98. The van der Waals surface area contributed by atoms with Crippen molar-refractivity contribution in [2.75, 3.05) is 38.2 Å². The van der Waals surface area contributed by atoms with Crippen LogP contribution in [0.3, 0.4) is 0 Å². The van der Waals surface area contributed by atoms with Crippen LogP contribution in [-0.4, -0.2) is 44.1 Å². The second-order valence-electron chi connectivity index (χ2n) is 7.18. The lowest BCUT2D eigenvalue weighted by Gasteiger charge is -2.36. The van der Waals surface area contributed by atoms with Gasteiger partial charge in [0.05, 0.1) is 18.7 Å². The van der Waals surface area contributed by atoms with Gasteiger partial charge >= 0.3 is 0 Å². The zero-order valence-electron chi connectivity index (χ0n) is 16.9. The molecule has 0 N–H and O–H groups in total. The van der Waals surface area contributed by atoms with Gasteiger partial charge in [-0.2, -0.15) is 5.26 Å². The summed E-state index contributed by atoms with van der Waals surface area (Å²) in [5, 5.41) is 9.47. The maximum Gasteiger partial charge on any atom is 0.254 e. The van der Waals surface area contributed by atoms with E-state index in [1.165, 1.54) is 0 Å². The summed E-state index contributed by atoms with van der Waals surface area (Å²) in [7, 11) is 1.66. The fourth-order valence-corrected chi connectivity index (χ4v) is 3.85. The molecule has 30 heavy (non-hydrogen) atoms. The van der Waals surface area contributed by atoms with E-state index in [1.807, 2.05) is 71.6 Å². The van der Waals surface area contributed by atoms with Crippen LogP contribution in [0.2, 0.25) is 0 Å². The van der Waals surface area contributed by atoms with Crippen molar-refractivity contribution in [3.8, 4) is 22.9 Å². The van der Waals surface area contributed by atoms with E-state index in [1.54, 1.807) is 13.2 Å². The van der Waals surface area contributed by atoms with E-state index < -0.39 is 0 Å². The molecule has 0 aliphatic carbocycles. The van der Waals surface area contributed by atoms with Crippen molar-refractivity contribution in [3.63, 3.8) is 0 Å². The molecule has 3 aromatic carbocycles. The van der Waals surface area contributed by atoms with Gasteiger partial charge in [-0.25, -0.2) is 0 Å². The number of anilines is 1. The minimum atomic E-state index is 0.00715. The number of hydrogen-bond acceptors (Lipinski definition) is 4. The summed E-state index contributed by atoms with van der Waals surface area (Å²) in [6.07, 6.45) is 0. The summed E-state index contributed by atoms with van der Waals surface area (Å²) < 4.78 is 5.23. The number of nitriles is 1. The van der Waals surface area contributed by atoms with E-state index in [0.29, 0.717) is 24.2 Å². The van der Waals surface area contributed by atoms with Gasteiger partial charge in [0.15, 0.2) is 0 Å². The third kappa shape index (κ3) is 3.85. The van der Waals surface area contributed by atoms with Gasteiger partial charge in [-0.05, 0) is 42.0 Å². The number of amides is 1. The monoisotopic (exact) mass is 397 g/mol. The average molecular weight is 397 g/mol. The van der Waals surface area contributed by atoms with E-state index in [0.717, 1.165) is 35.7 Å². The highest BCUT2D eigenvalue weighted by Crippen LogP contribution is 2.28. The van der Waals surface area contributed by atoms with Crippen LogP contribution in [0.25, 0.3) is 11.1 Å². The van der Waals surface area contributed by atoms with Crippen LogP contribution in [0.4, 0.5) is 5.69 Å². The van der Waals surface area contributed by atoms with Crippen molar-refractivity contribution >= 4 is 11.6 Å². The Morgan fingerprint density at radius 2 is 1.50 bits per heavy atom. The van der Waals surface area contributed by atoms with E-state index >= 15 is 0 Å². The van der Waals surface area contributed by atoms with Gasteiger partial charge in [0.2, 0.25) is 0 Å². The molecule has 0 saturated carbocycles. The Morgan fingerprint density at radius 1 is 0.867 bits per heavy atom. The van der Waals surface area contributed by atoms with Crippen LogP contribution in [0, 0.1) is 11.3 Å². The summed E-state index contributed by atoms with van der Waals surface area (Å²) in [4.78, 5) is 17.5. The zero-order valence-corrected chi connectivity index (χ0v) is 16.9. The molecule has 0 unspecified atom stereocenters. The van der Waals surface area contributed by atoms with Crippen molar-refractivity contribution in [1.82, 2.24) is 4.90 Å². The number of rotatable bonds is 4. The van der Waals surface area contributed by atoms with Crippen LogP contribution in [0.1, 0.15) is 15.9 Å². The molecule has 150 valence electrons. The van der Waals surface area contributed by atoms with Crippen LogP contribution in [0.5, 0.6) is 5.75 Å². The number of methoxy groups -OCH3 is 1. The summed E-state index contributed by atoms with van der Waals surface area (Å²) in [5.41, 5.74) is 3.93. The standard InChI is InChI=1S/C25H23N3O2/c1-30-21-12-10-20(11-13-21)27-14-16-28(17-15-27)25(29)24-9-5-4-8-23(24)22-7-3-2-6-19(22)18-26/h2-13H,14-17H2,1H3. The number of hydrogen-bond donors (Lipinski definition) is 0. The first kappa shape index (κ1) is 19.5. The minimum Gasteiger partial charge on any atom is -0.497 e. The third-order valence-corrected chi connectivity index (χ3v) is 5.50. The number of nitrogens with zero attached hydrogens (tertiary/aromatic N) is 3. The lowest BCUT2D eigenvalue weighted by molar-refractivity contribution is 0.0747. The van der Waals surface area contributed by atoms with Gasteiger partial charge in [-0.1, -0.05) is 36.4 Å². The Morgan fingerprint density at radius 3 is 2.17 bits per heavy atom. The molecule has 5 nitrogen and oxygen atoms in total. The molecular formula is C25H23N3O2. The summed E-state index contributed by atoms with van der Waals surface area (Å²) in [5.74, 6) is 0.842. The molecule has 1 heterocycles. The van der Waals surface area contributed by atoms with Gasteiger partial charge in [-0.3, -0.25) is 4.79 Å². The molecule has 3 aromatic rings. The van der Waals surface area contributed by atoms with Crippen LogP contribution < -0.4 is 9.64 Å². The van der Waals surface area contributed by atoms with Crippen LogP contribution in [0.15, 0.2) is 72.8 Å². The fraction of sp³-hybridized carbons (Fsp3) is 0.200. The molecule has 0 spiro atoms. The lowest BCUT2D eigenvalue weighted by atomic mass is 9.95. The minimum absolute atomic E-state index is 0.00715. The predicted octanol–water partition coefficient (Wildman–Crippen LogP) is 4.20. The maximum atomic E-state index is 13.3. The summed E-state index contributed by atoms with van der Waals surface area (Å²) in [6.45, 7) is 2.85. The average Bonchev–Trinajstić information content (AvgIpc) is 2.83. The molecule has 1 aliphatic rings. The van der Waals surface area contributed by atoms with E-state index in [4.69, 9.17) is 4.74 Å². The van der Waals surface area contributed by atoms with E-state index in [2.05, 4.69) is 11.0 Å². The molecule has 1 fully saturated rings. The smallest absolute Gasteiger partial charge is 0.254 e. The van der Waals surface area contributed by atoms with Gasteiger partial charge in [0.1, 0.15) is 5.75 Å². The Kier molecular flexibility index (Phi) is 5.67. The Balaban J connectivity index is 1.52. The van der Waals surface area contributed by atoms with Gasteiger partial charge in [-0.15, -0.1) is 0 Å². The summed E-state index contributed by atoms with van der Waals surface area (Å²) >= 11 is 0. The highest BCUT2D eigenvalue weighted by Gasteiger charge is 2.24. The molecule has 0 bridgehead atoms. The van der Waals surface area contributed by atoms with Crippen molar-refractivity contribution in [2.24, 2.45) is 0 Å². The molecule has 0 radical (unpaired) electrons. The second kappa shape index (κ2) is 8.71. The first-order chi connectivity index (χ1) is 14.7. The van der Waals surface area contributed by atoms with Gasteiger partial charge in [0.25, 0.3) is 5.91 Å². The van der Waals surface area contributed by atoms with E-state index in [-0.39, 0.29) is 5.91 Å². The molecule has 4 rings (SSSR count). The molecular weight excluding hydrogens is 374 g/mol. The second-order valence-corrected chi connectivity index (χ2v) is 7.18. The largest absolute Gasteiger partial charge is 0.497 e. The normalized spacial score (nSPS) is 13.6. The van der Waals surface area contributed by atoms with Crippen LogP contribution >= 0.6 is 0 Å². The molecule has 1 amide bonds. The Hall–Kier alpha value is -3.78. The topological polar surface area (TPSA) is 56.6 Å². The van der Waals surface area contributed by atoms with Crippen molar-refractivity contribution in [2.45, 2.75) is 0 Å². The molecule has 1 aliphatic heterocycles. The van der Waals surface area contributed by atoms with Crippen molar-refractivity contribution in [1.29, 1.82) is 5.26 Å². The van der Waals surface area contributed by atoms with Crippen LogP contribution in [-0.2, 0) is 0 Å². The summed E-state index contributed by atoms with van der Waals surface area (Å²) in [6, 6.07) is 25.2. The Bertz CT molecular complexity index is 1080.